The summed E-state index contributed by atoms with van der Waals surface area (Å²) < 4.78 is 1.81. The van der Waals surface area contributed by atoms with Crippen molar-refractivity contribution in [1.29, 1.82) is 0 Å². The summed E-state index contributed by atoms with van der Waals surface area (Å²) in [6.45, 7) is 4.27. The molecule has 8 nitrogen and oxygen atoms in total. The van der Waals surface area contributed by atoms with Crippen LogP contribution in [0.4, 0.5) is 0 Å². The second-order valence-electron chi connectivity index (χ2n) is 10.5. The van der Waals surface area contributed by atoms with E-state index < -0.39 is 11.6 Å². The van der Waals surface area contributed by atoms with Gasteiger partial charge in [0.1, 0.15) is 6.04 Å². The number of hydrogen-bond donors (Lipinski definition) is 3. The number of fused-ring (bicyclic) bond motifs is 2. The van der Waals surface area contributed by atoms with Gasteiger partial charge in [-0.3, -0.25) is 14.2 Å². The van der Waals surface area contributed by atoms with Crippen LogP contribution in [-0.4, -0.2) is 50.9 Å². The maximum Gasteiger partial charge on any atom is 0.326 e. The predicted molar refractivity (Wildman–Crippen MR) is 145 cm³/mol. The molecule has 0 aliphatic carbocycles. The van der Waals surface area contributed by atoms with Gasteiger partial charge in [-0.2, -0.15) is 0 Å². The number of para-hydroxylation sites is 2. The number of amides is 2. The summed E-state index contributed by atoms with van der Waals surface area (Å²) >= 11 is 0. The summed E-state index contributed by atoms with van der Waals surface area (Å²) in [4.78, 5) is 43.8. The van der Waals surface area contributed by atoms with E-state index in [-0.39, 0.29) is 23.5 Å². The van der Waals surface area contributed by atoms with Crippen molar-refractivity contribution in [1.82, 2.24) is 19.8 Å². The number of rotatable bonds is 6. The minimum atomic E-state index is -1.11. The van der Waals surface area contributed by atoms with Crippen LogP contribution < -0.4 is 16.7 Å². The number of H-pyrrole nitrogens is 1. The number of likely N-dealkylation sites (tertiary alicyclic amines) is 1. The van der Waals surface area contributed by atoms with Gasteiger partial charge in [0.15, 0.2) is 0 Å². The van der Waals surface area contributed by atoms with Crippen molar-refractivity contribution >= 4 is 33.6 Å². The maximum atomic E-state index is 13.7. The number of nitrogens with two attached hydrogens (primary N) is 1. The molecule has 37 heavy (non-hydrogen) atoms. The van der Waals surface area contributed by atoms with Crippen molar-refractivity contribution in [2.24, 2.45) is 5.73 Å². The highest BCUT2D eigenvalue weighted by atomic mass is 16.2. The largest absolute Gasteiger partial charge is 0.342 e. The molecule has 4 N–H and O–H groups in total. The molecule has 2 heterocycles. The number of benzene rings is 3. The normalized spacial score (nSPS) is 15.7. The zero-order valence-corrected chi connectivity index (χ0v) is 21.2. The Bertz CT molecular complexity index is 1510. The molecular weight excluding hydrogens is 466 g/mol. The number of aromatic nitrogens is 2. The second kappa shape index (κ2) is 9.86. The van der Waals surface area contributed by atoms with Crippen LogP contribution in [-0.2, 0) is 16.0 Å². The van der Waals surface area contributed by atoms with Gasteiger partial charge in [-0.05, 0) is 55.2 Å². The lowest BCUT2D eigenvalue weighted by molar-refractivity contribution is -0.138. The molecule has 1 aromatic heterocycles. The van der Waals surface area contributed by atoms with E-state index in [4.69, 9.17) is 5.73 Å². The minimum Gasteiger partial charge on any atom is -0.342 e. The minimum absolute atomic E-state index is 0.00389. The maximum absolute atomic E-state index is 13.7. The fourth-order valence-corrected chi connectivity index (χ4v) is 5.15. The van der Waals surface area contributed by atoms with Crippen LogP contribution in [0, 0.1) is 0 Å². The quantitative estimate of drug-likeness (QED) is 0.378. The van der Waals surface area contributed by atoms with E-state index in [9.17, 15) is 14.4 Å². The second-order valence-corrected chi connectivity index (χ2v) is 10.5. The van der Waals surface area contributed by atoms with Crippen LogP contribution in [0.3, 0.4) is 0 Å². The average molecular weight is 500 g/mol. The average Bonchev–Trinajstić information content (AvgIpc) is 3.23. The van der Waals surface area contributed by atoms with E-state index in [0.717, 1.165) is 27.4 Å². The zero-order valence-electron chi connectivity index (χ0n) is 21.2. The van der Waals surface area contributed by atoms with Crippen LogP contribution in [0.5, 0.6) is 0 Å². The monoisotopic (exact) mass is 499 g/mol. The zero-order chi connectivity index (χ0) is 26.2. The number of aromatic amines is 1. The Morgan fingerprint density at radius 2 is 1.70 bits per heavy atom. The first-order chi connectivity index (χ1) is 17.7. The molecule has 4 aromatic rings. The smallest absolute Gasteiger partial charge is 0.326 e. The van der Waals surface area contributed by atoms with Crippen LogP contribution in [0.15, 0.2) is 71.5 Å². The molecular formula is C29H33N5O3. The Balaban J connectivity index is 1.34. The highest BCUT2D eigenvalue weighted by Gasteiger charge is 2.33. The number of carbonyl (C=O) groups excluding carboxylic acids is 2. The van der Waals surface area contributed by atoms with E-state index in [1.54, 1.807) is 18.7 Å². The van der Waals surface area contributed by atoms with Crippen molar-refractivity contribution in [2.45, 2.75) is 50.7 Å². The molecule has 0 bridgehead atoms. The Hall–Kier alpha value is -3.91. The van der Waals surface area contributed by atoms with Crippen molar-refractivity contribution in [3.05, 3.63) is 82.8 Å². The standard InChI is InChI=1S/C29H33N5O3/c1-29(2,30)27(36)31-24(18-19-11-12-20-7-3-4-8-21(20)17-19)26(35)33-15-13-22(14-16-33)34-25-10-6-5-9-23(25)32-28(34)37/h3-12,17,22,24H,13-16,18,30H2,1-2H3,(H,31,36)(H,32,37)/t24-/m1/s1. The molecule has 0 radical (unpaired) electrons. The molecule has 8 heteroatoms. The highest BCUT2D eigenvalue weighted by Crippen LogP contribution is 2.26. The van der Waals surface area contributed by atoms with Crippen LogP contribution >= 0.6 is 0 Å². The number of imidazole rings is 1. The Kier molecular flexibility index (Phi) is 6.60. The molecule has 0 spiro atoms. The molecule has 1 atom stereocenters. The third-order valence-electron chi connectivity index (χ3n) is 7.21. The van der Waals surface area contributed by atoms with E-state index in [1.807, 2.05) is 65.2 Å². The number of carbonyl (C=O) groups is 2. The van der Waals surface area contributed by atoms with Gasteiger partial charge in [-0.15, -0.1) is 0 Å². The van der Waals surface area contributed by atoms with Gasteiger partial charge in [0.05, 0.1) is 16.6 Å². The topological polar surface area (TPSA) is 113 Å². The van der Waals surface area contributed by atoms with Crippen molar-refractivity contribution < 1.29 is 9.59 Å². The van der Waals surface area contributed by atoms with Gasteiger partial charge in [-0.1, -0.05) is 54.6 Å². The van der Waals surface area contributed by atoms with E-state index in [2.05, 4.69) is 16.4 Å². The van der Waals surface area contributed by atoms with E-state index in [0.29, 0.717) is 32.4 Å². The number of hydrogen-bond acceptors (Lipinski definition) is 4. The molecule has 1 aliphatic heterocycles. The molecule has 5 rings (SSSR count). The Morgan fingerprint density at radius 1 is 1.03 bits per heavy atom. The number of nitrogens with zero attached hydrogens (tertiary/aromatic N) is 2. The third-order valence-corrected chi connectivity index (χ3v) is 7.21. The van der Waals surface area contributed by atoms with Gasteiger partial charge in [0.2, 0.25) is 11.8 Å². The third kappa shape index (κ3) is 5.15. The fourth-order valence-electron chi connectivity index (χ4n) is 5.15. The SMILES string of the molecule is CC(C)(N)C(=O)N[C@H](Cc1ccc2ccccc2c1)C(=O)N1CCC(n2c(=O)[nH]c3ccccc32)CC1. The van der Waals surface area contributed by atoms with Crippen LogP contribution in [0.25, 0.3) is 21.8 Å². The van der Waals surface area contributed by atoms with Crippen molar-refractivity contribution in [3.63, 3.8) is 0 Å². The lowest BCUT2D eigenvalue weighted by Gasteiger charge is -2.35. The lowest BCUT2D eigenvalue weighted by Crippen LogP contribution is -2.57. The molecule has 2 amide bonds. The Morgan fingerprint density at radius 3 is 2.43 bits per heavy atom. The molecule has 3 aromatic carbocycles. The van der Waals surface area contributed by atoms with Crippen molar-refractivity contribution in [3.8, 4) is 0 Å². The summed E-state index contributed by atoms with van der Waals surface area (Å²) in [6, 6.07) is 21.1. The van der Waals surface area contributed by atoms with E-state index >= 15 is 0 Å². The van der Waals surface area contributed by atoms with Gasteiger partial charge >= 0.3 is 5.69 Å². The van der Waals surface area contributed by atoms with Gasteiger partial charge in [0, 0.05) is 25.6 Å². The summed E-state index contributed by atoms with van der Waals surface area (Å²) in [5.74, 6) is -0.498. The van der Waals surface area contributed by atoms with Gasteiger partial charge < -0.3 is 20.9 Å². The molecule has 1 saturated heterocycles. The fraction of sp³-hybridized carbons (Fsp3) is 0.345. The first kappa shape index (κ1) is 24.8. The van der Waals surface area contributed by atoms with Gasteiger partial charge in [-0.25, -0.2) is 4.79 Å². The van der Waals surface area contributed by atoms with Crippen LogP contribution in [0.2, 0.25) is 0 Å². The molecule has 192 valence electrons. The lowest BCUT2D eigenvalue weighted by atomic mass is 9.98. The Labute approximate surface area is 215 Å². The summed E-state index contributed by atoms with van der Waals surface area (Å²) in [6.07, 6.45) is 1.69. The number of piperidine rings is 1. The van der Waals surface area contributed by atoms with Crippen LogP contribution in [0.1, 0.15) is 38.3 Å². The first-order valence-corrected chi connectivity index (χ1v) is 12.8. The molecule has 1 aliphatic rings. The molecule has 0 unspecified atom stereocenters. The summed E-state index contributed by atoms with van der Waals surface area (Å²) in [5, 5.41) is 5.11. The summed E-state index contributed by atoms with van der Waals surface area (Å²) in [7, 11) is 0. The molecule has 0 saturated carbocycles. The predicted octanol–water partition coefficient (Wildman–Crippen LogP) is 3.11. The van der Waals surface area contributed by atoms with Gasteiger partial charge in [0.25, 0.3) is 0 Å². The first-order valence-electron chi connectivity index (χ1n) is 12.8. The summed E-state index contributed by atoms with van der Waals surface area (Å²) in [5.41, 5.74) is 7.46. The van der Waals surface area contributed by atoms with E-state index in [1.165, 1.54) is 0 Å². The molecule has 1 fully saturated rings. The number of nitrogens with one attached hydrogen (secondary N) is 2. The van der Waals surface area contributed by atoms with Crippen molar-refractivity contribution in [2.75, 3.05) is 13.1 Å². The highest BCUT2D eigenvalue weighted by molar-refractivity contribution is 5.92.